The lowest BCUT2D eigenvalue weighted by Gasteiger charge is -2.37. The lowest BCUT2D eigenvalue weighted by atomic mass is 10.2. The molecule has 19 heavy (non-hydrogen) atoms. The van der Waals surface area contributed by atoms with Gasteiger partial charge in [-0.15, -0.1) is 0 Å². The van der Waals surface area contributed by atoms with Gasteiger partial charge in [-0.25, -0.2) is 18.7 Å². The lowest BCUT2D eigenvalue weighted by Crippen LogP contribution is -2.51. The molecule has 2 heterocycles. The minimum absolute atomic E-state index is 0.318. The van der Waals surface area contributed by atoms with Gasteiger partial charge in [0.25, 0.3) is 0 Å². The van der Waals surface area contributed by atoms with Crippen LogP contribution in [0.3, 0.4) is 0 Å². The second kappa shape index (κ2) is 5.22. The van der Waals surface area contributed by atoms with Crippen molar-refractivity contribution >= 4 is 44.7 Å². The highest BCUT2D eigenvalue weighted by Gasteiger charge is 2.26. The van der Waals surface area contributed by atoms with E-state index in [4.69, 9.17) is 0 Å². The fraction of sp³-hybridized carbons (Fsp3) is 0.333. The Morgan fingerprint density at radius 1 is 1.47 bits per heavy atom. The van der Waals surface area contributed by atoms with E-state index in [1.165, 1.54) is 6.20 Å². The van der Waals surface area contributed by atoms with Gasteiger partial charge in [0.2, 0.25) is 5.95 Å². The zero-order valence-corrected chi connectivity index (χ0v) is 12.6. The molecule has 2 aromatic rings. The highest BCUT2D eigenvalue weighted by molar-refractivity contribution is 9.10. The smallest absolute Gasteiger partial charge is 0.223 e. The van der Waals surface area contributed by atoms with Crippen LogP contribution in [0.4, 0.5) is 10.3 Å². The van der Waals surface area contributed by atoms with E-state index in [2.05, 4.69) is 41.8 Å². The summed E-state index contributed by atoms with van der Waals surface area (Å²) in [6, 6.07) is 3.81. The minimum atomic E-state index is -0.318. The molecule has 0 aliphatic carbocycles. The number of benzene rings is 1. The molecular weight excluding hydrogens is 331 g/mol. The first-order chi connectivity index (χ1) is 9.17. The van der Waals surface area contributed by atoms with Crippen LogP contribution in [0.5, 0.6) is 0 Å². The number of hydrogen-bond acceptors (Lipinski definition) is 5. The number of halogens is 2. The number of nitrogens with zero attached hydrogens (tertiary/aromatic N) is 3. The average Bonchev–Trinajstić information content (AvgIpc) is 2.38. The molecule has 4 nitrogen and oxygen atoms in total. The summed E-state index contributed by atoms with van der Waals surface area (Å²) >= 11 is 4.89. The predicted molar refractivity (Wildman–Crippen MR) is 79.7 cm³/mol. The highest BCUT2D eigenvalue weighted by Crippen LogP contribution is 2.24. The Hall–Kier alpha value is -0.920. The van der Waals surface area contributed by atoms with Gasteiger partial charge in [-0.05, 0) is 34.3 Å². The normalized spacial score (nSPS) is 16.6. The van der Waals surface area contributed by atoms with Gasteiger partial charge in [0.05, 0.1) is 21.4 Å². The van der Waals surface area contributed by atoms with Crippen molar-refractivity contribution in [3.05, 3.63) is 28.6 Å². The summed E-state index contributed by atoms with van der Waals surface area (Å²) in [5, 5.41) is 3.69. The Morgan fingerprint density at radius 3 is 3.00 bits per heavy atom. The molecule has 1 aliphatic rings. The Kier molecular flexibility index (Phi) is 3.60. The molecule has 1 N–H and O–H groups in total. The fourth-order valence-electron chi connectivity index (χ4n) is 1.98. The maximum Gasteiger partial charge on any atom is 0.223 e. The van der Waals surface area contributed by atoms with Crippen LogP contribution in [0, 0.1) is 5.82 Å². The van der Waals surface area contributed by atoms with Crippen molar-refractivity contribution in [2.75, 3.05) is 24.7 Å². The summed E-state index contributed by atoms with van der Waals surface area (Å²) in [5.41, 5.74) is 0.610. The Labute approximate surface area is 123 Å². The van der Waals surface area contributed by atoms with E-state index in [0.29, 0.717) is 27.4 Å². The molecule has 0 amide bonds. The molecule has 100 valence electrons. The van der Waals surface area contributed by atoms with Gasteiger partial charge in [0.1, 0.15) is 5.82 Å². The largest absolute Gasteiger partial charge is 0.349 e. The molecule has 0 atom stereocenters. The quantitative estimate of drug-likeness (QED) is 0.868. The Morgan fingerprint density at radius 2 is 2.26 bits per heavy atom. The number of rotatable bonds is 3. The van der Waals surface area contributed by atoms with Gasteiger partial charge in [0.15, 0.2) is 0 Å². The van der Waals surface area contributed by atoms with Crippen LogP contribution in [-0.2, 0) is 0 Å². The van der Waals surface area contributed by atoms with Crippen molar-refractivity contribution < 1.29 is 4.39 Å². The van der Waals surface area contributed by atoms with Gasteiger partial charge >= 0.3 is 0 Å². The number of fused-ring (bicyclic) bond motifs is 1. The lowest BCUT2D eigenvalue weighted by molar-refractivity contribution is 0.309. The third-order valence-corrected chi connectivity index (χ3v) is 4.52. The molecule has 1 saturated heterocycles. The average molecular weight is 343 g/mol. The third kappa shape index (κ3) is 2.54. The van der Waals surface area contributed by atoms with E-state index >= 15 is 0 Å². The molecule has 1 fully saturated rings. The van der Waals surface area contributed by atoms with E-state index in [1.54, 1.807) is 24.1 Å². The number of nitrogens with one attached hydrogen (secondary N) is 1. The van der Waals surface area contributed by atoms with E-state index in [-0.39, 0.29) is 5.82 Å². The van der Waals surface area contributed by atoms with Crippen molar-refractivity contribution in [2.45, 2.75) is 6.04 Å². The second-order valence-corrected chi connectivity index (χ2v) is 6.09. The van der Waals surface area contributed by atoms with E-state index < -0.39 is 0 Å². The van der Waals surface area contributed by atoms with Crippen LogP contribution in [0.25, 0.3) is 10.9 Å². The summed E-state index contributed by atoms with van der Waals surface area (Å²) in [4.78, 5) is 8.51. The summed E-state index contributed by atoms with van der Waals surface area (Å²) in [6.07, 6.45) is 3.58. The SMILES string of the molecule is CSN1CC(Nc2ncc3c(F)c(Br)ccc3n2)C1. The molecule has 0 saturated carbocycles. The predicted octanol–water partition coefficient (Wildman–Crippen LogP) is 2.91. The first kappa shape index (κ1) is 13.1. The van der Waals surface area contributed by atoms with Crippen LogP contribution in [0.15, 0.2) is 22.8 Å². The molecule has 1 aromatic heterocycles. The van der Waals surface area contributed by atoms with Crippen molar-refractivity contribution in [3.63, 3.8) is 0 Å². The van der Waals surface area contributed by atoms with E-state index in [1.807, 2.05) is 0 Å². The van der Waals surface area contributed by atoms with E-state index in [0.717, 1.165) is 13.1 Å². The van der Waals surface area contributed by atoms with Crippen molar-refractivity contribution in [1.29, 1.82) is 0 Å². The second-order valence-electron chi connectivity index (χ2n) is 4.36. The maximum atomic E-state index is 13.8. The van der Waals surface area contributed by atoms with Crippen molar-refractivity contribution in [3.8, 4) is 0 Å². The number of anilines is 1. The van der Waals surface area contributed by atoms with Gasteiger partial charge < -0.3 is 5.32 Å². The summed E-state index contributed by atoms with van der Waals surface area (Å²) in [6.45, 7) is 1.94. The molecule has 0 bridgehead atoms. The van der Waals surface area contributed by atoms with Gasteiger partial charge in [-0.2, -0.15) is 0 Å². The molecule has 7 heteroatoms. The Bertz CT molecular complexity index is 618. The zero-order chi connectivity index (χ0) is 13.4. The van der Waals surface area contributed by atoms with Crippen LogP contribution in [0.1, 0.15) is 0 Å². The topological polar surface area (TPSA) is 41.0 Å². The Balaban J connectivity index is 1.81. The monoisotopic (exact) mass is 342 g/mol. The number of aromatic nitrogens is 2. The minimum Gasteiger partial charge on any atom is -0.349 e. The van der Waals surface area contributed by atoms with Crippen molar-refractivity contribution in [2.24, 2.45) is 0 Å². The first-order valence-corrected chi connectivity index (χ1v) is 7.81. The number of hydrogen-bond donors (Lipinski definition) is 1. The molecule has 0 radical (unpaired) electrons. The third-order valence-electron chi connectivity index (χ3n) is 3.09. The van der Waals surface area contributed by atoms with Gasteiger partial charge in [0, 0.05) is 19.3 Å². The highest BCUT2D eigenvalue weighted by atomic mass is 79.9. The van der Waals surface area contributed by atoms with Crippen LogP contribution < -0.4 is 5.32 Å². The molecule has 3 rings (SSSR count). The summed E-state index contributed by atoms with van der Waals surface area (Å²) in [7, 11) is 0. The molecule has 0 spiro atoms. The molecule has 0 unspecified atom stereocenters. The van der Waals surface area contributed by atoms with Crippen molar-refractivity contribution in [1.82, 2.24) is 14.3 Å². The van der Waals surface area contributed by atoms with Crippen LogP contribution in [-0.4, -0.2) is 39.7 Å². The first-order valence-electron chi connectivity index (χ1n) is 5.83. The zero-order valence-electron chi connectivity index (χ0n) is 10.2. The van der Waals surface area contributed by atoms with Gasteiger partial charge in [-0.3, -0.25) is 0 Å². The van der Waals surface area contributed by atoms with Gasteiger partial charge in [-0.1, -0.05) is 11.9 Å². The van der Waals surface area contributed by atoms with Crippen LogP contribution in [0.2, 0.25) is 0 Å². The molecular formula is C12H12BrFN4S. The maximum absolute atomic E-state index is 13.8. The van der Waals surface area contributed by atoms with Crippen LogP contribution >= 0.6 is 27.9 Å². The standard InChI is InChI=1S/C12H12BrFN4S/c1-19-18-5-7(6-18)16-12-15-4-8-10(17-12)3-2-9(13)11(8)14/h2-4,7H,5-6H2,1H3,(H,15,16,17). The summed E-state index contributed by atoms with van der Waals surface area (Å²) < 4.78 is 16.5. The summed E-state index contributed by atoms with van der Waals surface area (Å²) in [5.74, 6) is 0.237. The molecule has 1 aliphatic heterocycles. The fourth-order valence-corrected chi connectivity index (χ4v) is 2.98. The molecule has 1 aromatic carbocycles. The van der Waals surface area contributed by atoms with E-state index in [9.17, 15) is 4.39 Å².